The molecule has 1 aromatic heterocycles. The standard InChI is InChI=1S/C18H25N3O/c1-5-6-7-15-10-20-21(17(15)18(19)22)11-16-13(3)8-12(2)9-14(16)4/h8-10H,5-7,11H2,1-4H3,(H2,19,22). The minimum atomic E-state index is -0.397. The van der Waals surface area contributed by atoms with Gasteiger partial charge in [0.1, 0.15) is 5.69 Å². The highest BCUT2D eigenvalue weighted by Crippen LogP contribution is 2.20. The lowest BCUT2D eigenvalue weighted by Crippen LogP contribution is -2.20. The molecule has 0 atom stereocenters. The van der Waals surface area contributed by atoms with Crippen LogP contribution in [0.3, 0.4) is 0 Å². The lowest BCUT2D eigenvalue weighted by molar-refractivity contribution is 0.0989. The number of nitrogens with two attached hydrogens (primary N) is 1. The number of amides is 1. The summed E-state index contributed by atoms with van der Waals surface area (Å²) in [4.78, 5) is 11.8. The van der Waals surface area contributed by atoms with E-state index in [1.165, 1.54) is 22.3 Å². The topological polar surface area (TPSA) is 60.9 Å². The van der Waals surface area contributed by atoms with Crippen molar-refractivity contribution in [1.29, 1.82) is 0 Å². The van der Waals surface area contributed by atoms with E-state index in [1.807, 2.05) is 0 Å². The zero-order chi connectivity index (χ0) is 16.3. The fourth-order valence-electron chi connectivity index (χ4n) is 2.99. The lowest BCUT2D eigenvalue weighted by Gasteiger charge is -2.13. The van der Waals surface area contributed by atoms with Crippen LogP contribution in [0.2, 0.25) is 0 Å². The Morgan fingerprint density at radius 1 is 1.23 bits per heavy atom. The van der Waals surface area contributed by atoms with Crippen LogP contribution in [0, 0.1) is 20.8 Å². The summed E-state index contributed by atoms with van der Waals surface area (Å²) in [6, 6.07) is 4.32. The fourth-order valence-corrected chi connectivity index (χ4v) is 2.99. The van der Waals surface area contributed by atoms with Crippen LogP contribution in [0.5, 0.6) is 0 Å². The first-order valence-corrected chi connectivity index (χ1v) is 7.85. The van der Waals surface area contributed by atoms with E-state index < -0.39 is 5.91 Å². The minimum absolute atomic E-state index is 0.397. The van der Waals surface area contributed by atoms with E-state index in [0.717, 1.165) is 24.8 Å². The molecule has 0 saturated carbocycles. The number of primary amides is 1. The van der Waals surface area contributed by atoms with Crippen LogP contribution >= 0.6 is 0 Å². The van der Waals surface area contributed by atoms with Crippen LogP contribution in [0.4, 0.5) is 0 Å². The van der Waals surface area contributed by atoms with Crippen LogP contribution in [0.15, 0.2) is 18.3 Å². The SMILES string of the molecule is CCCCc1cnn(Cc2c(C)cc(C)cc2C)c1C(N)=O. The molecule has 0 aliphatic heterocycles. The molecule has 4 heteroatoms. The smallest absolute Gasteiger partial charge is 0.267 e. The predicted octanol–water partition coefficient (Wildman–Crippen LogP) is 3.30. The summed E-state index contributed by atoms with van der Waals surface area (Å²) < 4.78 is 1.75. The second kappa shape index (κ2) is 6.77. The molecule has 0 spiro atoms. The molecule has 0 bridgehead atoms. The van der Waals surface area contributed by atoms with Crippen molar-refractivity contribution in [3.05, 3.63) is 51.8 Å². The molecular weight excluding hydrogens is 274 g/mol. The third-order valence-corrected chi connectivity index (χ3v) is 4.10. The number of nitrogens with zero attached hydrogens (tertiary/aromatic N) is 2. The second-order valence-electron chi connectivity index (χ2n) is 6.02. The van der Waals surface area contributed by atoms with Gasteiger partial charge in [0.25, 0.3) is 5.91 Å². The maximum atomic E-state index is 11.8. The Morgan fingerprint density at radius 3 is 2.41 bits per heavy atom. The molecule has 0 aliphatic rings. The summed E-state index contributed by atoms with van der Waals surface area (Å²) >= 11 is 0. The van der Waals surface area contributed by atoms with Gasteiger partial charge in [0.15, 0.2) is 0 Å². The van der Waals surface area contributed by atoms with Crippen molar-refractivity contribution in [1.82, 2.24) is 9.78 Å². The van der Waals surface area contributed by atoms with E-state index in [-0.39, 0.29) is 0 Å². The quantitative estimate of drug-likeness (QED) is 0.889. The minimum Gasteiger partial charge on any atom is -0.364 e. The van der Waals surface area contributed by atoms with Crippen molar-refractivity contribution in [2.45, 2.75) is 53.5 Å². The normalized spacial score (nSPS) is 10.9. The van der Waals surface area contributed by atoms with Gasteiger partial charge in [0, 0.05) is 5.56 Å². The van der Waals surface area contributed by atoms with Gasteiger partial charge >= 0.3 is 0 Å². The Balaban J connectivity index is 2.38. The molecule has 0 fully saturated rings. The molecule has 1 aromatic carbocycles. The summed E-state index contributed by atoms with van der Waals surface area (Å²) in [7, 11) is 0. The van der Waals surface area contributed by atoms with Crippen molar-refractivity contribution in [2.24, 2.45) is 5.73 Å². The molecule has 118 valence electrons. The maximum Gasteiger partial charge on any atom is 0.267 e. The van der Waals surface area contributed by atoms with Gasteiger partial charge in [-0.15, -0.1) is 0 Å². The van der Waals surface area contributed by atoms with E-state index >= 15 is 0 Å². The molecule has 0 saturated heterocycles. The van der Waals surface area contributed by atoms with Gasteiger partial charge < -0.3 is 5.73 Å². The van der Waals surface area contributed by atoms with Gasteiger partial charge in [-0.2, -0.15) is 5.10 Å². The molecule has 22 heavy (non-hydrogen) atoms. The number of hydrogen-bond donors (Lipinski definition) is 1. The number of aromatic nitrogens is 2. The Bertz CT molecular complexity index is 663. The zero-order valence-corrected chi connectivity index (χ0v) is 13.9. The molecule has 2 N–H and O–H groups in total. The second-order valence-corrected chi connectivity index (χ2v) is 6.02. The summed E-state index contributed by atoms with van der Waals surface area (Å²) in [5.74, 6) is -0.397. The van der Waals surface area contributed by atoms with Crippen molar-refractivity contribution >= 4 is 5.91 Å². The van der Waals surface area contributed by atoms with Crippen molar-refractivity contribution in [2.75, 3.05) is 0 Å². The molecule has 2 aromatic rings. The molecule has 1 amide bonds. The lowest BCUT2D eigenvalue weighted by atomic mass is 10.00. The molecule has 2 rings (SSSR count). The van der Waals surface area contributed by atoms with Crippen LogP contribution in [0.1, 0.15) is 58.1 Å². The number of aryl methyl sites for hydroxylation is 4. The third kappa shape index (κ3) is 3.38. The fraction of sp³-hybridized carbons (Fsp3) is 0.444. The van der Waals surface area contributed by atoms with Crippen LogP contribution in [0.25, 0.3) is 0 Å². The molecule has 0 aliphatic carbocycles. The highest BCUT2D eigenvalue weighted by atomic mass is 16.1. The number of carbonyl (C=O) groups excluding carboxylic acids is 1. The average molecular weight is 299 g/mol. The van der Waals surface area contributed by atoms with Crippen LogP contribution in [-0.2, 0) is 13.0 Å². The third-order valence-electron chi connectivity index (χ3n) is 4.10. The van der Waals surface area contributed by atoms with E-state index in [2.05, 4.69) is 44.9 Å². The number of hydrogen-bond acceptors (Lipinski definition) is 2. The van der Waals surface area contributed by atoms with E-state index in [9.17, 15) is 4.79 Å². The van der Waals surface area contributed by atoms with Crippen molar-refractivity contribution < 1.29 is 4.79 Å². The van der Waals surface area contributed by atoms with Gasteiger partial charge in [-0.05, 0) is 50.3 Å². The Morgan fingerprint density at radius 2 is 1.86 bits per heavy atom. The first kappa shape index (κ1) is 16.3. The summed E-state index contributed by atoms with van der Waals surface area (Å²) in [5.41, 5.74) is 12.0. The molecule has 1 heterocycles. The predicted molar refractivity (Wildman–Crippen MR) is 89.1 cm³/mol. The summed E-state index contributed by atoms with van der Waals surface area (Å²) in [6.07, 6.45) is 4.75. The summed E-state index contributed by atoms with van der Waals surface area (Å²) in [5, 5.41) is 4.41. The van der Waals surface area contributed by atoms with Gasteiger partial charge in [0.05, 0.1) is 12.7 Å². The van der Waals surface area contributed by atoms with Crippen LogP contribution < -0.4 is 5.73 Å². The Labute approximate surface area is 132 Å². The number of carbonyl (C=O) groups is 1. The van der Waals surface area contributed by atoms with E-state index in [0.29, 0.717) is 12.2 Å². The number of unbranched alkanes of at least 4 members (excludes halogenated alkanes) is 1. The first-order valence-electron chi connectivity index (χ1n) is 7.85. The molecule has 0 unspecified atom stereocenters. The van der Waals surface area contributed by atoms with E-state index in [4.69, 9.17) is 5.73 Å². The van der Waals surface area contributed by atoms with Crippen LogP contribution in [-0.4, -0.2) is 15.7 Å². The molecular formula is C18H25N3O. The Kier molecular flexibility index (Phi) is 5.01. The van der Waals surface area contributed by atoms with E-state index in [1.54, 1.807) is 10.9 Å². The highest BCUT2D eigenvalue weighted by molar-refractivity contribution is 5.92. The van der Waals surface area contributed by atoms with Crippen molar-refractivity contribution in [3.63, 3.8) is 0 Å². The zero-order valence-electron chi connectivity index (χ0n) is 13.9. The monoisotopic (exact) mass is 299 g/mol. The van der Waals surface area contributed by atoms with Gasteiger partial charge in [-0.3, -0.25) is 9.48 Å². The molecule has 0 radical (unpaired) electrons. The van der Waals surface area contributed by atoms with Gasteiger partial charge in [0.2, 0.25) is 0 Å². The van der Waals surface area contributed by atoms with Gasteiger partial charge in [-0.25, -0.2) is 0 Å². The molecule has 4 nitrogen and oxygen atoms in total. The largest absolute Gasteiger partial charge is 0.364 e. The average Bonchev–Trinajstić information content (AvgIpc) is 2.83. The number of rotatable bonds is 6. The van der Waals surface area contributed by atoms with Gasteiger partial charge in [-0.1, -0.05) is 31.0 Å². The summed E-state index contributed by atoms with van der Waals surface area (Å²) in [6.45, 7) is 9.01. The highest BCUT2D eigenvalue weighted by Gasteiger charge is 2.17. The maximum absolute atomic E-state index is 11.8. The van der Waals surface area contributed by atoms with Crippen molar-refractivity contribution in [3.8, 4) is 0 Å². The Hall–Kier alpha value is -2.10. The first-order chi connectivity index (χ1) is 10.4. The number of benzene rings is 1.